The van der Waals surface area contributed by atoms with Gasteiger partial charge in [0, 0.05) is 11.1 Å². The quantitative estimate of drug-likeness (QED) is 0.860. The average Bonchev–Trinajstić information content (AvgIpc) is 2.55. The Kier molecular flexibility index (Phi) is 7.75. The van der Waals surface area contributed by atoms with E-state index in [0.29, 0.717) is 12.1 Å². The van der Waals surface area contributed by atoms with Crippen LogP contribution >= 0.6 is 0 Å². The van der Waals surface area contributed by atoms with Gasteiger partial charge < -0.3 is 10.6 Å². The second kappa shape index (κ2) is 9.60. The first-order valence-electron chi connectivity index (χ1n) is 7.06. The molecule has 22 heavy (non-hydrogen) atoms. The zero-order chi connectivity index (χ0) is 16.4. The SMILES string of the molecule is CN(C)CC(=O)c1ccccc1.NCC(=O)c1ccccc1. The number of carbonyl (C=O) groups excluding carboxylic acids is 2. The lowest BCUT2D eigenvalue weighted by molar-refractivity contribution is 0.0956. The Labute approximate surface area is 131 Å². The van der Waals surface area contributed by atoms with Gasteiger partial charge in [0.15, 0.2) is 11.6 Å². The van der Waals surface area contributed by atoms with Crippen molar-refractivity contribution in [1.29, 1.82) is 0 Å². The van der Waals surface area contributed by atoms with E-state index in [-0.39, 0.29) is 18.1 Å². The highest BCUT2D eigenvalue weighted by Crippen LogP contribution is 2.00. The van der Waals surface area contributed by atoms with Crippen molar-refractivity contribution in [2.24, 2.45) is 5.73 Å². The number of benzene rings is 2. The number of ketones is 2. The van der Waals surface area contributed by atoms with Gasteiger partial charge in [-0.1, -0.05) is 60.7 Å². The van der Waals surface area contributed by atoms with Crippen molar-refractivity contribution in [3.8, 4) is 0 Å². The summed E-state index contributed by atoms with van der Waals surface area (Å²) in [7, 11) is 3.78. The van der Waals surface area contributed by atoms with E-state index in [1.807, 2.05) is 67.5 Å². The van der Waals surface area contributed by atoms with Crippen molar-refractivity contribution in [2.75, 3.05) is 27.2 Å². The summed E-state index contributed by atoms with van der Waals surface area (Å²) in [5.74, 6) is 0.154. The number of Topliss-reactive ketones (excluding diaryl/α,β-unsaturated/α-hetero) is 2. The smallest absolute Gasteiger partial charge is 0.176 e. The van der Waals surface area contributed by atoms with Gasteiger partial charge in [-0.15, -0.1) is 0 Å². The highest BCUT2D eigenvalue weighted by molar-refractivity contribution is 5.97. The van der Waals surface area contributed by atoms with E-state index in [2.05, 4.69) is 0 Å². The minimum absolute atomic E-state index is 0.0133. The second-order valence-corrected chi connectivity index (χ2v) is 5.02. The van der Waals surface area contributed by atoms with Crippen LogP contribution in [0.2, 0.25) is 0 Å². The standard InChI is InChI=1S/C10H13NO.C8H9NO/c1-11(2)8-10(12)9-6-4-3-5-7-9;9-6-8(10)7-4-2-1-3-5-7/h3-7H,8H2,1-2H3;1-5H,6,9H2. The van der Waals surface area contributed by atoms with Crippen molar-refractivity contribution in [3.05, 3.63) is 71.8 Å². The summed E-state index contributed by atoms with van der Waals surface area (Å²) in [5.41, 5.74) is 6.62. The van der Waals surface area contributed by atoms with Crippen LogP contribution in [0.3, 0.4) is 0 Å². The molecule has 0 fully saturated rings. The van der Waals surface area contributed by atoms with Crippen molar-refractivity contribution in [1.82, 2.24) is 4.90 Å². The van der Waals surface area contributed by atoms with E-state index < -0.39 is 0 Å². The van der Waals surface area contributed by atoms with Crippen LogP contribution in [0.5, 0.6) is 0 Å². The molecule has 2 rings (SSSR count). The molecule has 116 valence electrons. The maximum atomic E-state index is 11.4. The monoisotopic (exact) mass is 298 g/mol. The predicted octanol–water partition coefficient (Wildman–Crippen LogP) is 2.26. The molecule has 4 nitrogen and oxygen atoms in total. The fraction of sp³-hybridized carbons (Fsp3) is 0.222. The normalized spacial score (nSPS) is 9.82. The van der Waals surface area contributed by atoms with E-state index in [1.165, 1.54) is 0 Å². The Bertz CT molecular complexity index is 581. The topological polar surface area (TPSA) is 63.4 Å². The van der Waals surface area contributed by atoms with Crippen molar-refractivity contribution >= 4 is 11.6 Å². The van der Waals surface area contributed by atoms with E-state index in [1.54, 1.807) is 12.1 Å². The number of nitrogens with two attached hydrogens (primary N) is 1. The third-order valence-electron chi connectivity index (χ3n) is 2.84. The van der Waals surface area contributed by atoms with Crippen molar-refractivity contribution < 1.29 is 9.59 Å². The van der Waals surface area contributed by atoms with Gasteiger partial charge >= 0.3 is 0 Å². The zero-order valence-electron chi connectivity index (χ0n) is 13.0. The van der Waals surface area contributed by atoms with E-state index >= 15 is 0 Å². The summed E-state index contributed by atoms with van der Waals surface area (Å²) in [6.07, 6.45) is 0. The number of rotatable bonds is 5. The van der Waals surface area contributed by atoms with Crippen molar-refractivity contribution in [3.63, 3.8) is 0 Å². The highest BCUT2D eigenvalue weighted by atomic mass is 16.1. The molecule has 0 atom stereocenters. The maximum Gasteiger partial charge on any atom is 0.176 e. The lowest BCUT2D eigenvalue weighted by Crippen LogP contribution is -2.21. The first kappa shape index (κ1) is 17.8. The molecule has 0 amide bonds. The summed E-state index contributed by atoms with van der Waals surface area (Å²) in [6, 6.07) is 18.4. The fourth-order valence-electron chi connectivity index (χ4n) is 1.74. The van der Waals surface area contributed by atoms with Gasteiger partial charge in [0.2, 0.25) is 0 Å². The lowest BCUT2D eigenvalue weighted by atomic mass is 10.1. The van der Waals surface area contributed by atoms with Gasteiger partial charge in [-0.05, 0) is 14.1 Å². The first-order valence-corrected chi connectivity index (χ1v) is 7.06. The fourth-order valence-corrected chi connectivity index (χ4v) is 1.74. The molecule has 0 spiro atoms. The van der Waals surface area contributed by atoms with Crippen LogP contribution < -0.4 is 5.73 Å². The summed E-state index contributed by atoms with van der Waals surface area (Å²) in [5, 5.41) is 0. The van der Waals surface area contributed by atoms with Crippen LogP contribution in [0, 0.1) is 0 Å². The molecule has 0 heterocycles. The molecule has 4 heteroatoms. The van der Waals surface area contributed by atoms with Gasteiger partial charge in [-0.25, -0.2) is 0 Å². The third-order valence-corrected chi connectivity index (χ3v) is 2.84. The maximum absolute atomic E-state index is 11.4. The second-order valence-electron chi connectivity index (χ2n) is 5.02. The molecule has 0 aliphatic carbocycles. The number of hydrogen-bond acceptors (Lipinski definition) is 4. The number of likely N-dealkylation sites (N-methyl/N-ethyl adjacent to an activating group) is 1. The molecule has 0 unspecified atom stereocenters. The Morgan fingerprint density at radius 3 is 1.59 bits per heavy atom. The van der Waals surface area contributed by atoms with Crippen LogP contribution in [0.4, 0.5) is 0 Å². The molecule has 2 aromatic rings. The van der Waals surface area contributed by atoms with Gasteiger partial charge in [0.25, 0.3) is 0 Å². The third kappa shape index (κ3) is 6.43. The summed E-state index contributed by atoms with van der Waals surface area (Å²) in [4.78, 5) is 24.2. The minimum Gasteiger partial charge on any atom is -0.324 e. The lowest BCUT2D eigenvalue weighted by Gasteiger charge is -2.07. The van der Waals surface area contributed by atoms with Gasteiger partial charge in [-0.3, -0.25) is 9.59 Å². The molecule has 0 aliphatic rings. The molecule has 0 bridgehead atoms. The van der Waals surface area contributed by atoms with Crippen LogP contribution in [-0.2, 0) is 0 Å². The largest absolute Gasteiger partial charge is 0.324 e. The van der Waals surface area contributed by atoms with E-state index in [0.717, 1.165) is 5.56 Å². The Morgan fingerprint density at radius 2 is 1.23 bits per heavy atom. The molecule has 0 saturated heterocycles. The minimum atomic E-state index is -0.0133. The van der Waals surface area contributed by atoms with E-state index in [4.69, 9.17) is 5.73 Å². The predicted molar refractivity (Wildman–Crippen MR) is 89.2 cm³/mol. The Morgan fingerprint density at radius 1 is 0.818 bits per heavy atom. The molecular formula is C18H22N2O2. The molecule has 0 saturated carbocycles. The number of hydrogen-bond donors (Lipinski definition) is 1. The number of nitrogens with zero attached hydrogens (tertiary/aromatic N) is 1. The zero-order valence-corrected chi connectivity index (χ0v) is 13.0. The summed E-state index contributed by atoms with van der Waals surface area (Å²) in [6.45, 7) is 0.564. The summed E-state index contributed by atoms with van der Waals surface area (Å²) >= 11 is 0. The first-order chi connectivity index (χ1) is 10.5. The molecular weight excluding hydrogens is 276 g/mol. The molecule has 0 aromatic heterocycles. The van der Waals surface area contributed by atoms with Crippen LogP contribution in [0.15, 0.2) is 60.7 Å². The Hall–Kier alpha value is -2.30. The van der Waals surface area contributed by atoms with Crippen molar-refractivity contribution in [2.45, 2.75) is 0 Å². The van der Waals surface area contributed by atoms with Gasteiger partial charge in [0.1, 0.15) is 0 Å². The van der Waals surface area contributed by atoms with Crippen LogP contribution in [0.1, 0.15) is 20.7 Å². The van der Waals surface area contributed by atoms with Gasteiger partial charge in [0.05, 0.1) is 13.1 Å². The van der Waals surface area contributed by atoms with E-state index in [9.17, 15) is 9.59 Å². The van der Waals surface area contributed by atoms with Gasteiger partial charge in [-0.2, -0.15) is 0 Å². The molecule has 0 radical (unpaired) electrons. The average molecular weight is 298 g/mol. The molecule has 0 aliphatic heterocycles. The van der Waals surface area contributed by atoms with Crippen LogP contribution in [0.25, 0.3) is 0 Å². The van der Waals surface area contributed by atoms with Crippen LogP contribution in [-0.4, -0.2) is 43.7 Å². The highest BCUT2D eigenvalue weighted by Gasteiger charge is 2.04. The summed E-state index contributed by atoms with van der Waals surface area (Å²) < 4.78 is 0. The molecule has 2 aromatic carbocycles. The molecule has 2 N–H and O–H groups in total. The Balaban J connectivity index is 0.000000224. The number of carbonyl (C=O) groups is 2.